The number of carboxylic acids is 1. The predicted molar refractivity (Wildman–Crippen MR) is 67.0 cm³/mol. The van der Waals surface area contributed by atoms with Gasteiger partial charge in [-0.25, -0.2) is 9.97 Å². The Morgan fingerprint density at radius 1 is 1.40 bits per heavy atom. The van der Waals surface area contributed by atoms with Gasteiger partial charge in [0, 0.05) is 6.54 Å². The van der Waals surface area contributed by atoms with Gasteiger partial charge in [0.05, 0.1) is 12.6 Å². The van der Waals surface area contributed by atoms with E-state index in [0.717, 1.165) is 6.20 Å². The first-order valence-corrected chi connectivity index (χ1v) is 5.50. The van der Waals surface area contributed by atoms with E-state index < -0.39 is 17.4 Å². The number of carboxylic acid groups (broad SMARTS) is 1. The van der Waals surface area contributed by atoms with Crippen molar-refractivity contribution < 1.29 is 14.7 Å². The van der Waals surface area contributed by atoms with E-state index in [9.17, 15) is 14.4 Å². The Kier molecular flexibility index (Phi) is 3.55. The van der Waals surface area contributed by atoms with Gasteiger partial charge in [-0.15, -0.1) is 0 Å². The highest BCUT2D eigenvalue weighted by atomic mass is 16.4. The van der Waals surface area contributed by atoms with Gasteiger partial charge in [0.1, 0.15) is 5.69 Å². The number of nitrogens with one attached hydrogen (secondary N) is 2. The summed E-state index contributed by atoms with van der Waals surface area (Å²) in [5, 5.41) is 10.8. The van der Waals surface area contributed by atoms with Crippen molar-refractivity contribution in [2.24, 2.45) is 0 Å². The minimum Gasteiger partial charge on any atom is -0.481 e. The van der Waals surface area contributed by atoms with E-state index >= 15 is 0 Å². The topological polar surface area (TPSA) is 164 Å². The lowest BCUT2D eigenvalue weighted by Crippen LogP contribution is -2.27. The van der Waals surface area contributed by atoms with Gasteiger partial charge in [0.15, 0.2) is 11.2 Å². The molecule has 0 atom stereocenters. The number of anilines is 1. The van der Waals surface area contributed by atoms with Gasteiger partial charge in [-0.2, -0.15) is 4.98 Å². The number of aromatic amines is 1. The highest BCUT2D eigenvalue weighted by Gasteiger charge is 2.12. The number of hydrogen-bond donors (Lipinski definition) is 4. The molecule has 2 heterocycles. The molecule has 2 aromatic rings. The van der Waals surface area contributed by atoms with Gasteiger partial charge in [-0.3, -0.25) is 19.4 Å². The Bertz CT molecular complexity index is 740. The molecule has 0 aromatic carbocycles. The molecule has 0 radical (unpaired) electrons. The molecular formula is C10H10N6O4. The molecule has 0 fully saturated rings. The van der Waals surface area contributed by atoms with Crippen LogP contribution in [-0.2, 0) is 4.79 Å². The lowest BCUT2D eigenvalue weighted by atomic mass is 10.3. The number of nitrogen functional groups attached to an aromatic ring is 1. The largest absolute Gasteiger partial charge is 0.481 e. The van der Waals surface area contributed by atoms with Crippen molar-refractivity contribution in [1.82, 2.24) is 25.3 Å². The molecule has 20 heavy (non-hydrogen) atoms. The van der Waals surface area contributed by atoms with E-state index in [-0.39, 0.29) is 35.8 Å². The Hall–Kier alpha value is -3.04. The van der Waals surface area contributed by atoms with Gasteiger partial charge in [0.25, 0.3) is 11.5 Å². The number of aliphatic carboxylic acids is 1. The maximum atomic E-state index is 11.7. The third-order valence-corrected chi connectivity index (χ3v) is 2.29. The van der Waals surface area contributed by atoms with Crippen molar-refractivity contribution in [2.45, 2.75) is 6.42 Å². The van der Waals surface area contributed by atoms with Crippen molar-refractivity contribution in [3.63, 3.8) is 0 Å². The molecule has 0 aliphatic heterocycles. The van der Waals surface area contributed by atoms with Crippen LogP contribution in [0.15, 0.2) is 11.0 Å². The third-order valence-electron chi connectivity index (χ3n) is 2.29. The van der Waals surface area contributed by atoms with E-state index in [1.54, 1.807) is 0 Å². The van der Waals surface area contributed by atoms with Crippen LogP contribution in [-0.4, -0.2) is 43.5 Å². The summed E-state index contributed by atoms with van der Waals surface area (Å²) < 4.78 is 0. The fourth-order valence-electron chi connectivity index (χ4n) is 1.42. The molecule has 0 saturated heterocycles. The smallest absolute Gasteiger partial charge is 0.305 e. The Balaban J connectivity index is 2.25. The Morgan fingerprint density at radius 2 is 2.15 bits per heavy atom. The van der Waals surface area contributed by atoms with Crippen molar-refractivity contribution in [1.29, 1.82) is 0 Å². The van der Waals surface area contributed by atoms with Crippen LogP contribution in [0, 0.1) is 0 Å². The zero-order chi connectivity index (χ0) is 14.7. The molecule has 2 aromatic heterocycles. The summed E-state index contributed by atoms with van der Waals surface area (Å²) in [7, 11) is 0. The quantitative estimate of drug-likeness (QED) is 0.524. The van der Waals surface area contributed by atoms with E-state index in [1.807, 2.05) is 0 Å². The second-order valence-electron chi connectivity index (χ2n) is 3.78. The van der Waals surface area contributed by atoms with Crippen LogP contribution in [0.4, 0.5) is 5.95 Å². The number of carbonyl (C=O) groups excluding carboxylic acids is 1. The molecule has 10 nitrogen and oxygen atoms in total. The second-order valence-corrected chi connectivity index (χ2v) is 3.78. The summed E-state index contributed by atoms with van der Waals surface area (Å²) in [6.45, 7) is -0.0428. The highest BCUT2D eigenvalue weighted by molar-refractivity contribution is 5.93. The van der Waals surface area contributed by atoms with E-state index in [4.69, 9.17) is 10.8 Å². The van der Waals surface area contributed by atoms with E-state index in [0.29, 0.717) is 0 Å². The minimum absolute atomic E-state index is 0.0405. The van der Waals surface area contributed by atoms with Crippen LogP contribution < -0.4 is 16.6 Å². The molecule has 2 rings (SSSR count). The monoisotopic (exact) mass is 278 g/mol. The van der Waals surface area contributed by atoms with Crippen LogP contribution in [0.1, 0.15) is 16.9 Å². The summed E-state index contributed by atoms with van der Waals surface area (Å²) >= 11 is 0. The Morgan fingerprint density at radius 3 is 2.85 bits per heavy atom. The van der Waals surface area contributed by atoms with Crippen molar-refractivity contribution in [3.8, 4) is 0 Å². The SMILES string of the molecule is Nc1nc2nc(C(=O)NCCC(=O)O)cnc2c(=O)[nH]1. The molecule has 0 unspecified atom stereocenters. The summed E-state index contributed by atoms with van der Waals surface area (Å²) in [6.07, 6.45) is 0.892. The van der Waals surface area contributed by atoms with Gasteiger partial charge in [-0.1, -0.05) is 0 Å². The van der Waals surface area contributed by atoms with Crippen LogP contribution in [0.3, 0.4) is 0 Å². The number of nitrogens with zero attached hydrogens (tertiary/aromatic N) is 3. The van der Waals surface area contributed by atoms with Crippen LogP contribution in [0.2, 0.25) is 0 Å². The van der Waals surface area contributed by atoms with Crippen molar-refractivity contribution in [3.05, 3.63) is 22.2 Å². The van der Waals surface area contributed by atoms with Crippen LogP contribution in [0.25, 0.3) is 11.2 Å². The van der Waals surface area contributed by atoms with Gasteiger partial charge in [0.2, 0.25) is 5.95 Å². The van der Waals surface area contributed by atoms with Crippen LogP contribution >= 0.6 is 0 Å². The number of hydrogen-bond acceptors (Lipinski definition) is 7. The summed E-state index contributed by atoms with van der Waals surface area (Å²) in [5.41, 5.74) is 4.62. The number of nitrogens with two attached hydrogens (primary N) is 1. The summed E-state index contributed by atoms with van der Waals surface area (Å²) in [6, 6.07) is 0. The first kappa shape index (κ1) is 13.4. The predicted octanol–water partition coefficient (Wildman–Crippen LogP) is -1.50. The fraction of sp³-hybridized carbons (Fsp3) is 0.200. The average Bonchev–Trinajstić information content (AvgIpc) is 2.37. The Labute approximate surface area is 111 Å². The second kappa shape index (κ2) is 5.30. The van der Waals surface area contributed by atoms with Crippen molar-refractivity contribution in [2.75, 3.05) is 12.3 Å². The number of rotatable bonds is 4. The average molecular weight is 278 g/mol. The maximum Gasteiger partial charge on any atom is 0.305 e. The molecule has 0 saturated carbocycles. The normalized spacial score (nSPS) is 10.4. The van der Waals surface area contributed by atoms with Crippen molar-refractivity contribution >= 4 is 29.0 Å². The number of carbonyl (C=O) groups is 2. The van der Waals surface area contributed by atoms with Gasteiger partial charge in [-0.05, 0) is 0 Å². The van der Waals surface area contributed by atoms with Crippen LogP contribution in [0.5, 0.6) is 0 Å². The molecule has 5 N–H and O–H groups in total. The zero-order valence-corrected chi connectivity index (χ0v) is 10.1. The van der Waals surface area contributed by atoms with Gasteiger partial charge < -0.3 is 16.2 Å². The molecule has 104 valence electrons. The molecule has 0 bridgehead atoms. The third kappa shape index (κ3) is 2.85. The highest BCUT2D eigenvalue weighted by Crippen LogP contribution is 2.03. The lowest BCUT2D eigenvalue weighted by Gasteiger charge is -2.03. The number of H-pyrrole nitrogens is 1. The number of fused-ring (bicyclic) bond motifs is 1. The summed E-state index contributed by atoms with van der Waals surface area (Å²) in [4.78, 5) is 47.2. The standard InChI is InChI=1S/C10H10N6O4/c11-10-15-7-6(9(20)16-10)13-3-4(14-7)8(19)12-2-1-5(17)18/h3H,1-2H2,(H,12,19)(H,17,18)(H3,11,14,15,16,20). The first-order valence-electron chi connectivity index (χ1n) is 5.50. The molecule has 1 amide bonds. The minimum atomic E-state index is -1.03. The van der Waals surface area contributed by atoms with E-state index in [2.05, 4.69) is 25.3 Å². The molecule has 0 aliphatic carbocycles. The molecule has 0 aliphatic rings. The number of aromatic nitrogens is 4. The van der Waals surface area contributed by atoms with Gasteiger partial charge >= 0.3 is 5.97 Å². The zero-order valence-electron chi connectivity index (χ0n) is 10.1. The molecule has 0 spiro atoms. The maximum absolute atomic E-state index is 11.7. The number of amides is 1. The molecule has 10 heteroatoms. The molecular weight excluding hydrogens is 268 g/mol. The summed E-state index contributed by atoms with van der Waals surface area (Å²) in [5.74, 6) is -1.78. The lowest BCUT2D eigenvalue weighted by molar-refractivity contribution is -0.136. The first-order chi connectivity index (χ1) is 9.47. The van der Waals surface area contributed by atoms with E-state index in [1.165, 1.54) is 0 Å². The fourth-order valence-corrected chi connectivity index (χ4v) is 1.42.